The molecule has 0 spiro atoms. The molecule has 0 saturated carbocycles. The van der Waals surface area contributed by atoms with Crippen molar-refractivity contribution in [3.63, 3.8) is 0 Å². The van der Waals surface area contributed by atoms with Gasteiger partial charge in [0.2, 0.25) is 5.91 Å². The van der Waals surface area contributed by atoms with Gasteiger partial charge in [0.15, 0.2) is 0 Å². The molecule has 2 N–H and O–H groups in total. The summed E-state index contributed by atoms with van der Waals surface area (Å²) in [7, 11) is 0. The first-order valence-electron chi connectivity index (χ1n) is 6.81. The van der Waals surface area contributed by atoms with Crippen LogP contribution in [-0.4, -0.2) is 5.91 Å². The highest BCUT2D eigenvalue weighted by Gasteiger charge is 2.15. The largest absolute Gasteiger partial charge is 0.366 e. The number of hydrogen-bond acceptors (Lipinski definition) is 1. The van der Waals surface area contributed by atoms with E-state index in [1.54, 1.807) is 6.07 Å². The molecule has 0 fully saturated rings. The van der Waals surface area contributed by atoms with Crippen LogP contribution in [0.3, 0.4) is 0 Å². The van der Waals surface area contributed by atoms with E-state index in [0.717, 1.165) is 22.3 Å². The Morgan fingerprint density at radius 2 is 1.24 bits per heavy atom. The maximum atomic E-state index is 11.8. The minimum Gasteiger partial charge on any atom is -0.366 e. The maximum absolute atomic E-state index is 11.8. The van der Waals surface area contributed by atoms with Crippen LogP contribution in [0.15, 0.2) is 78.9 Å². The summed E-state index contributed by atoms with van der Waals surface area (Å²) in [6.45, 7) is 0. The van der Waals surface area contributed by atoms with E-state index >= 15 is 0 Å². The average Bonchev–Trinajstić information content (AvgIpc) is 2.55. The van der Waals surface area contributed by atoms with Crippen molar-refractivity contribution < 1.29 is 4.79 Å². The van der Waals surface area contributed by atoms with Gasteiger partial charge in [-0.1, -0.05) is 72.8 Å². The summed E-state index contributed by atoms with van der Waals surface area (Å²) >= 11 is 0. The van der Waals surface area contributed by atoms with E-state index in [0.29, 0.717) is 5.56 Å². The summed E-state index contributed by atoms with van der Waals surface area (Å²) in [5, 5.41) is 0. The molecule has 0 unspecified atom stereocenters. The first kappa shape index (κ1) is 13.1. The Bertz CT molecular complexity index is 764. The number of benzene rings is 3. The highest BCUT2D eigenvalue weighted by atomic mass is 16.1. The van der Waals surface area contributed by atoms with E-state index in [1.807, 2.05) is 72.8 Å². The van der Waals surface area contributed by atoms with E-state index < -0.39 is 5.91 Å². The van der Waals surface area contributed by atoms with Crippen LogP contribution < -0.4 is 5.73 Å². The SMILES string of the molecule is NC(=O)c1cccc(-c2ccccc2)c1-c1ccccc1. The van der Waals surface area contributed by atoms with Gasteiger partial charge in [0.05, 0.1) is 0 Å². The highest BCUT2D eigenvalue weighted by Crippen LogP contribution is 2.34. The Morgan fingerprint density at radius 3 is 1.81 bits per heavy atom. The molecule has 1 amide bonds. The monoisotopic (exact) mass is 273 g/mol. The van der Waals surface area contributed by atoms with E-state index in [4.69, 9.17) is 5.73 Å². The van der Waals surface area contributed by atoms with Gasteiger partial charge in [-0.25, -0.2) is 0 Å². The second kappa shape index (κ2) is 5.63. The average molecular weight is 273 g/mol. The first-order chi connectivity index (χ1) is 10.3. The zero-order valence-electron chi connectivity index (χ0n) is 11.5. The van der Waals surface area contributed by atoms with Crippen molar-refractivity contribution in [3.8, 4) is 22.3 Å². The molecule has 0 aliphatic heterocycles. The number of nitrogens with two attached hydrogens (primary N) is 1. The molecule has 0 saturated heterocycles. The van der Waals surface area contributed by atoms with Gasteiger partial charge in [-0.15, -0.1) is 0 Å². The molecule has 21 heavy (non-hydrogen) atoms. The lowest BCUT2D eigenvalue weighted by Gasteiger charge is -2.13. The van der Waals surface area contributed by atoms with Crippen LogP contribution in [0.1, 0.15) is 10.4 Å². The second-order valence-corrected chi connectivity index (χ2v) is 4.82. The van der Waals surface area contributed by atoms with Crippen molar-refractivity contribution in [1.82, 2.24) is 0 Å². The number of amides is 1. The molecule has 3 aromatic carbocycles. The number of hydrogen-bond donors (Lipinski definition) is 1. The van der Waals surface area contributed by atoms with Gasteiger partial charge >= 0.3 is 0 Å². The van der Waals surface area contributed by atoms with Gasteiger partial charge in [-0.3, -0.25) is 4.79 Å². The molecule has 0 radical (unpaired) electrons. The first-order valence-corrected chi connectivity index (χ1v) is 6.81. The third-order valence-corrected chi connectivity index (χ3v) is 3.48. The molecule has 0 atom stereocenters. The van der Waals surface area contributed by atoms with Crippen molar-refractivity contribution in [2.24, 2.45) is 5.73 Å². The molecule has 0 aliphatic rings. The third kappa shape index (κ3) is 2.56. The molecule has 2 nitrogen and oxygen atoms in total. The lowest BCUT2D eigenvalue weighted by Crippen LogP contribution is -2.12. The van der Waals surface area contributed by atoms with E-state index in [1.165, 1.54) is 0 Å². The van der Waals surface area contributed by atoms with Crippen LogP contribution in [0.4, 0.5) is 0 Å². The molecular weight excluding hydrogens is 258 g/mol. The molecule has 0 bridgehead atoms. The summed E-state index contributed by atoms with van der Waals surface area (Å²) in [4.78, 5) is 11.8. The fourth-order valence-electron chi connectivity index (χ4n) is 2.53. The van der Waals surface area contributed by atoms with E-state index in [9.17, 15) is 4.79 Å². The highest BCUT2D eigenvalue weighted by molar-refractivity contribution is 6.04. The lowest BCUT2D eigenvalue weighted by molar-refractivity contribution is 0.100. The van der Waals surface area contributed by atoms with Crippen molar-refractivity contribution in [2.75, 3.05) is 0 Å². The summed E-state index contributed by atoms with van der Waals surface area (Å²) in [6, 6.07) is 25.5. The molecule has 0 aromatic heterocycles. The Morgan fingerprint density at radius 1 is 0.667 bits per heavy atom. The van der Waals surface area contributed by atoms with Crippen LogP contribution in [0.5, 0.6) is 0 Å². The predicted molar refractivity (Wildman–Crippen MR) is 85.8 cm³/mol. The number of rotatable bonds is 3. The zero-order chi connectivity index (χ0) is 14.7. The number of carbonyl (C=O) groups is 1. The van der Waals surface area contributed by atoms with Crippen LogP contribution in [0, 0.1) is 0 Å². The zero-order valence-corrected chi connectivity index (χ0v) is 11.5. The minimum atomic E-state index is -0.411. The molecule has 0 heterocycles. The maximum Gasteiger partial charge on any atom is 0.249 e. The molecular formula is C19H15NO. The van der Waals surface area contributed by atoms with Crippen molar-refractivity contribution in [2.45, 2.75) is 0 Å². The molecule has 2 heteroatoms. The smallest absolute Gasteiger partial charge is 0.249 e. The van der Waals surface area contributed by atoms with Crippen molar-refractivity contribution in [3.05, 3.63) is 84.4 Å². The van der Waals surface area contributed by atoms with E-state index in [-0.39, 0.29) is 0 Å². The van der Waals surface area contributed by atoms with Crippen LogP contribution in [0.2, 0.25) is 0 Å². The van der Waals surface area contributed by atoms with Gasteiger partial charge in [0, 0.05) is 11.1 Å². The molecule has 0 aliphatic carbocycles. The Balaban J connectivity index is 2.31. The van der Waals surface area contributed by atoms with Gasteiger partial charge in [-0.2, -0.15) is 0 Å². The van der Waals surface area contributed by atoms with Gasteiger partial charge in [0.1, 0.15) is 0 Å². The lowest BCUT2D eigenvalue weighted by atomic mass is 9.90. The summed E-state index contributed by atoms with van der Waals surface area (Å²) in [5.74, 6) is -0.411. The van der Waals surface area contributed by atoms with Crippen molar-refractivity contribution >= 4 is 5.91 Å². The topological polar surface area (TPSA) is 43.1 Å². The Hall–Kier alpha value is -2.87. The fourth-order valence-corrected chi connectivity index (χ4v) is 2.53. The van der Waals surface area contributed by atoms with Gasteiger partial charge in [-0.05, 0) is 22.8 Å². The summed E-state index contributed by atoms with van der Waals surface area (Å²) in [5.41, 5.74) is 10.1. The summed E-state index contributed by atoms with van der Waals surface area (Å²) in [6.07, 6.45) is 0. The molecule has 3 aromatic rings. The van der Waals surface area contributed by atoms with Gasteiger partial charge < -0.3 is 5.73 Å². The molecule has 3 rings (SSSR count). The van der Waals surface area contributed by atoms with E-state index in [2.05, 4.69) is 0 Å². The minimum absolute atomic E-state index is 0.411. The second-order valence-electron chi connectivity index (χ2n) is 4.82. The Labute approximate surface area is 123 Å². The third-order valence-electron chi connectivity index (χ3n) is 3.48. The van der Waals surface area contributed by atoms with Crippen LogP contribution >= 0.6 is 0 Å². The summed E-state index contributed by atoms with van der Waals surface area (Å²) < 4.78 is 0. The number of carbonyl (C=O) groups excluding carboxylic acids is 1. The Kier molecular flexibility index (Phi) is 3.52. The fraction of sp³-hybridized carbons (Fsp3) is 0. The van der Waals surface area contributed by atoms with Crippen molar-refractivity contribution in [1.29, 1.82) is 0 Å². The normalized spacial score (nSPS) is 10.3. The van der Waals surface area contributed by atoms with Gasteiger partial charge in [0.25, 0.3) is 0 Å². The van der Waals surface area contributed by atoms with Crippen LogP contribution in [0.25, 0.3) is 22.3 Å². The quantitative estimate of drug-likeness (QED) is 0.766. The molecule has 102 valence electrons. The van der Waals surface area contributed by atoms with Crippen LogP contribution in [-0.2, 0) is 0 Å². The predicted octanol–water partition coefficient (Wildman–Crippen LogP) is 4.12. The number of primary amides is 1. The standard InChI is InChI=1S/C19H15NO/c20-19(21)17-13-7-12-16(14-8-3-1-4-9-14)18(17)15-10-5-2-6-11-15/h1-13H,(H2,20,21).